The molecule has 1 N–H and O–H groups in total. The third-order valence-corrected chi connectivity index (χ3v) is 2.89. The Morgan fingerprint density at radius 1 is 1.25 bits per heavy atom. The summed E-state index contributed by atoms with van der Waals surface area (Å²) < 4.78 is 9.78. The zero-order valence-corrected chi connectivity index (χ0v) is 14.0. The van der Waals surface area contributed by atoms with Crippen molar-refractivity contribution in [3.63, 3.8) is 0 Å². The van der Waals surface area contributed by atoms with E-state index >= 15 is 0 Å². The Kier molecular flexibility index (Phi) is 6.05. The number of methoxy groups -OCH3 is 1. The van der Waals surface area contributed by atoms with Gasteiger partial charge in [-0.15, -0.1) is 0 Å². The number of alkyl carbamates (subject to hydrolysis) is 1. The van der Waals surface area contributed by atoms with Crippen LogP contribution in [0.15, 0.2) is 36.4 Å². The molecular weight excluding hydrogens is 316 g/mol. The molecule has 24 heavy (non-hydrogen) atoms. The first kappa shape index (κ1) is 19.1. The molecule has 0 aliphatic heterocycles. The average molecular weight is 336 g/mol. The van der Waals surface area contributed by atoms with E-state index in [1.54, 1.807) is 20.8 Å². The normalized spacial score (nSPS) is 12.0. The van der Waals surface area contributed by atoms with Crippen LogP contribution in [0.5, 0.6) is 0 Å². The lowest BCUT2D eigenvalue weighted by molar-refractivity contribution is -0.384. The Balaban J connectivity index is 3.09. The summed E-state index contributed by atoms with van der Waals surface area (Å²) in [5.41, 5.74) is -0.436. The number of non-ortho nitro benzene ring substituents is 1. The van der Waals surface area contributed by atoms with Crippen LogP contribution >= 0.6 is 0 Å². The molecule has 0 fully saturated rings. The number of nitro benzene ring substituents is 1. The molecule has 1 rings (SSSR count). The first-order valence-electron chi connectivity index (χ1n) is 7.06. The second kappa shape index (κ2) is 7.58. The number of nitrogens with one attached hydrogen (secondary N) is 1. The van der Waals surface area contributed by atoms with Crippen molar-refractivity contribution in [1.29, 1.82) is 0 Å². The van der Waals surface area contributed by atoms with Gasteiger partial charge in [-0.2, -0.15) is 0 Å². The van der Waals surface area contributed by atoms with Crippen molar-refractivity contribution in [2.75, 3.05) is 7.11 Å². The molecule has 0 spiro atoms. The second-order valence-electron chi connectivity index (χ2n) is 5.94. The fourth-order valence-electron chi connectivity index (χ4n) is 1.83. The average Bonchev–Trinajstić information content (AvgIpc) is 2.49. The zero-order chi connectivity index (χ0) is 18.5. The largest absolute Gasteiger partial charge is 0.466 e. The van der Waals surface area contributed by atoms with Gasteiger partial charge in [0.25, 0.3) is 5.69 Å². The third kappa shape index (κ3) is 5.38. The number of hydrogen-bond acceptors (Lipinski definition) is 6. The third-order valence-electron chi connectivity index (χ3n) is 2.89. The van der Waals surface area contributed by atoms with Gasteiger partial charge < -0.3 is 14.8 Å². The molecule has 0 saturated heterocycles. The Morgan fingerprint density at radius 2 is 1.79 bits per heavy atom. The molecule has 1 aromatic carbocycles. The molecule has 0 aliphatic carbocycles. The molecule has 8 nitrogen and oxygen atoms in total. The van der Waals surface area contributed by atoms with E-state index in [0.717, 1.165) is 0 Å². The molecule has 0 unspecified atom stereocenters. The molecule has 0 aromatic heterocycles. The highest BCUT2D eigenvalue weighted by Crippen LogP contribution is 2.24. The summed E-state index contributed by atoms with van der Waals surface area (Å²) in [4.78, 5) is 33.9. The molecule has 0 saturated carbocycles. The van der Waals surface area contributed by atoms with Gasteiger partial charge in [0, 0.05) is 12.1 Å². The van der Waals surface area contributed by atoms with E-state index in [-0.39, 0.29) is 11.3 Å². The highest BCUT2D eigenvalue weighted by Gasteiger charge is 2.26. The summed E-state index contributed by atoms with van der Waals surface area (Å²) in [7, 11) is 1.19. The Bertz CT molecular complexity index is 646. The molecule has 0 bridgehead atoms. The number of nitro groups is 1. The van der Waals surface area contributed by atoms with E-state index in [2.05, 4.69) is 16.6 Å². The first-order chi connectivity index (χ1) is 11.0. The maximum absolute atomic E-state index is 12.0. The van der Waals surface area contributed by atoms with Crippen LogP contribution < -0.4 is 5.32 Å². The summed E-state index contributed by atoms with van der Waals surface area (Å²) >= 11 is 0. The molecule has 130 valence electrons. The minimum Gasteiger partial charge on any atom is -0.466 e. The van der Waals surface area contributed by atoms with Crippen LogP contribution in [0.4, 0.5) is 10.5 Å². The predicted molar refractivity (Wildman–Crippen MR) is 86.4 cm³/mol. The number of rotatable bonds is 5. The standard InChI is InChI=1S/C16H20N2O6/c1-10(14(19)23-5)13(17-15(20)24-16(2,3)4)11-6-8-12(9-7-11)18(21)22/h6-9,13H,1H2,2-5H3,(H,17,20)/t13-/m0/s1. The summed E-state index contributed by atoms with van der Waals surface area (Å²) in [6, 6.07) is 4.45. The first-order valence-corrected chi connectivity index (χ1v) is 7.06. The molecule has 0 radical (unpaired) electrons. The van der Waals surface area contributed by atoms with Gasteiger partial charge in [0.2, 0.25) is 0 Å². The summed E-state index contributed by atoms with van der Waals surface area (Å²) in [6.45, 7) is 8.72. The minimum absolute atomic E-state index is 0.0304. The number of carbonyl (C=O) groups excluding carboxylic acids is 2. The number of hydrogen-bond donors (Lipinski definition) is 1. The maximum Gasteiger partial charge on any atom is 0.408 e. The van der Waals surface area contributed by atoms with Crippen molar-refractivity contribution in [2.24, 2.45) is 0 Å². The van der Waals surface area contributed by atoms with Crippen LogP contribution in [-0.2, 0) is 14.3 Å². The lowest BCUT2D eigenvalue weighted by Gasteiger charge is -2.24. The second-order valence-corrected chi connectivity index (χ2v) is 5.94. The minimum atomic E-state index is -0.937. The fraction of sp³-hybridized carbons (Fsp3) is 0.375. The topological polar surface area (TPSA) is 108 Å². The Morgan fingerprint density at radius 3 is 2.21 bits per heavy atom. The highest BCUT2D eigenvalue weighted by atomic mass is 16.6. The van der Waals surface area contributed by atoms with Crippen LogP contribution in [0.3, 0.4) is 0 Å². The van der Waals surface area contributed by atoms with Crippen LogP contribution in [-0.4, -0.2) is 29.7 Å². The molecule has 8 heteroatoms. The van der Waals surface area contributed by atoms with Gasteiger partial charge in [0.15, 0.2) is 0 Å². The van der Waals surface area contributed by atoms with Crippen molar-refractivity contribution >= 4 is 17.7 Å². The van der Waals surface area contributed by atoms with Crippen LogP contribution in [0.2, 0.25) is 0 Å². The molecule has 1 aromatic rings. The van der Waals surface area contributed by atoms with Crippen LogP contribution in [0, 0.1) is 10.1 Å². The maximum atomic E-state index is 12.0. The lowest BCUT2D eigenvalue weighted by Crippen LogP contribution is -2.36. The highest BCUT2D eigenvalue weighted by molar-refractivity contribution is 5.90. The van der Waals surface area contributed by atoms with Gasteiger partial charge in [0.1, 0.15) is 5.60 Å². The monoisotopic (exact) mass is 336 g/mol. The van der Waals surface area contributed by atoms with E-state index in [9.17, 15) is 19.7 Å². The SMILES string of the molecule is C=C(C(=O)OC)[C@H](NC(=O)OC(C)(C)C)c1ccc([N+](=O)[O-])cc1. The van der Waals surface area contributed by atoms with Gasteiger partial charge >= 0.3 is 12.1 Å². The zero-order valence-electron chi connectivity index (χ0n) is 14.0. The van der Waals surface area contributed by atoms with Crippen molar-refractivity contribution in [3.05, 3.63) is 52.1 Å². The van der Waals surface area contributed by atoms with Crippen molar-refractivity contribution in [3.8, 4) is 0 Å². The number of benzene rings is 1. The number of carbonyl (C=O) groups is 2. The predicted octanol–water partition coefficient (Wildman–Crippen LogP) is 2.89. The van der Waals surface area contributed by atoms with Gasteiger partial charge in [-0.05, 0) is 38.5 Å². The van der Waals surface area contributed by atoms with E-state index in [4.69, 9.17) is 4.74 Å². The molecule has 0 aliphatic rings. The van der Waals surface area contributed by atoms with Gasteiger partial charge in [-0.3, -0.25) is 10.1 Å². The van der Waals surface area contributed by atoms with Crippen molar-refractivity contribution in [1.82, 2.24) is 5.32 Å². The van der Waals surface area contributed by atoms with E-state index in [1.807, 2.05) is 0 Å². The molecule has 1 atom stereocenters. The summed E-state index contributed by atoms with van der Waals surface area (Å²) in [6.07, 6.45) is -0.754. The fourth-order valence-corrected chi connectivity index (χ4v) is 1.83. The number of ether oxygens (including phenoxy) is 2. The van der Waals surface area contributed by atoms with Crippen molar-refractivity contribution < 1.29 is 24.0 Å². The smallest absolute Gasteiger partial charge is 0.408 e. The van der Waals surface area contributed by atoms with Gasteiger partial charge in [-0.25, -0.2) is 9.59 Å². The van der Waals surface area contributed by atoms with E-state index in [1.165, 1.54) is 31.4 Å². The Labute approximate surface area is 139 Å². The number of esters is 1. The molecular formula is C16H20N2O6. The number of nitrogens with zero attached hydrogens (tertiary/aromatic N) is 1. The van der Waals surface area contributed by atoms with E-state index < -0.39 is 28.6 Å². The van der Waals surface area contributed by atoms with Crippen LogP contribution in [0.1, 0.15) is 32.4 Å². The van der Waals surface area contributed by atoms with Gasteiger partial charge in [-0.1, -0.05) is 6.58 Å². The quantitative estimate of drug-likeness (QED) is 0.383. The van der Waals surface area contributed by atoms with Gasteiger partial charge in [0.05, 0.1) is 23.6 Å². The van der Waals surface area contributed by atoms with Crippen LogP contribution in [0.25, 0.3) is 0 Å². The van der Waals surface area contributed by atoms with Crippen molar-refractivity contribution in [2.45, 2.75) is 32.4 Å². The lowest BCUT2D eigenvalue weighted by atomic mass is 9.99. The molecule has 0 heterocycles. The Hall–Kier alpha value is -2.90. The molecule has 1 amide bonds. The summed E-state index contributed by atoms with van der Waals surface area (Å²) in [5, 5.41) is 13.3. The summed E-state index contributed by atoms with van der Waals surface area (Å²) in [5.74, 6) is -0.714. The van der Waals surface area contributed by atoms with E-state index in [0.29, 0.717) is 5.56 Å². The number of amides is 1.